The van der Waals surface area contributed by atoms with Gasteiger partial charge in [0, 0.05) is 18.8 Å². The topological polar surface area (TPSA) is 55.6 Å². The lowest BCUT2D eigenvalue weighted by atomic mass is 10.1. The van der Waals surface area contributed by atoms with E-state index in [9.17, 15) is 4.79 Å². The van der Waals surface area contributed by atoms with Crippen molar-refractivity contribution < 1.29 is 9.53 Å². The van der Waals surface area contributed by atoms with Crippen molar-refractivity contribution in [3.05, 3.63) is 23.8 Å². The molecular formula is C14H20N2O2. The van der Waals surface area contributed by atoms with Crippen molar-refractivity contribution in [3.8, 4) is 5.75 Å². The lowest BCUT2D eigenvalue weighted by Crippen LogP contribution is -2.29. The van der Waals surface area contributed by atoms with E-state index in [1.807, 2.05) is 4.90 Å². The second kappa shape index (κ2) is 5.29. The van der Waals surface area contributed by atoms with Crippen molar-refractivity contribution in [3.63, 3.8) is 0 Å². The van der Waals surface area contributed by atoms with E-state index in [1.165, 1.54) is 0 Å². The number of likely N-dealkylation sites (tertiary alicyclic amines) is 1. The zero-order chi connectivity index (χ0) is 13.1. The molecule has 1 saturated heterocycles. The van der Waals surface area contributed by atoms with Crippen LogP contribution in [0.5, 0.6) is 5.75 Å². The Hall–Kier alpha value is -1.71. The van der Waals surface area contributed by atoms with Crippen LogP contribution in [0.3, 0.4) is 0 Å². The number of carbonyl (C=O) groups is 1. The zero-order valence-corrected chi connectivity index (χ0v) is 11.0. The van der Waals surface area contributed by atoms with Crippen LogP contribution >= 0.6 is 0 Å². The highest BCUT2D eigenvalue weighted by molar-refractivity contribution is 6.02. The van der Waals surface area contributed by atoms with Crippen molar-refractivity contribution in [2.24, 2.45) is 5.92 Å². The highest BCUT2D eigenvalue weighted by Gasteiger charge is 2.28. The Morgan fingerprint density at radius 1 is 1.56 bits per heavy atom. The van der Waals surface area contributed by atoms with Crippen LogP contribution in [0.25, 0.3) is 0 Å². The third-order valence-corrected chi connectivity index (χ3v) is 3.64. The minimum Gasteiger partial charge on any atom is -0.496 e. The number of anilines is 1. The van der Waals surface area contributed by atoms with E-state index in [0.29, 0.717) is 22.9 Å². The van der Waals surface area contributed by atoms with Crippen LogP contribution in [0.1, 0.15) is 30.1 Å². The first-order valence-corrected chi connectivity index (χ1v) is 6.39. The average molecular weight is 248 g/mol. The van der Waals surface area contributed by atoms with Crippen LogP contribution in [-0.2, 0) is 0 Å². The molecule has 98 valence electrons. The number of hydrogen-bond acceptors (Lipinski definition) is 3. The predicted octanol–water partition coefficient (Wildman–Crippen LogP) is 2.15. The van der Waals surface area contributed by atoms with E-state index >= 15 is 0 Å². The lowest BCUT2D eigenvalue weighted by molar-refractivity contribution is 0.0784. The minimum atomic E-state index is -0.0131. The maximum atomic E-state index is 12.5. The fraction of sp³-hybridized carbons (Fsp3) is 0.500. The van der Waals surface area contributed by atoms with Gasteiger partial charge in [-0.25, -0.2) is 0 Å². The number of amides is 1. The van der Waals surface area contributed by atoms with Crippen LogP contribution in [0.2, 0.25) is 0 Å². The van der Waals surface area contributed by atoms with Gasteiger partial charge in [0.15, 0.2) is 0 Å². The van der Waals surface area contributed by atoms with Crippen LogP contribution in [0.15, 0.2) is 18.2 Å². The fourth-order valence-electron chi connectivity index (χ4n) is 2.46. The van der Waals surface area contributed by atoms with Gasteiger partial charge in [-0.05, 0) is 24.5 Å². The predicted molar refractivity (Wildman–Crippen MR) is 71.7 cm³/mol. The fourth-order valence-corrected chi connectivity index (χ4v) is 2.46. The number of carbonyl (C=O) groups excluding carboxylic acids is 1. The maximum absolute atomic E-state index is 12.5. The molecule has 0 saturated carbocycles. The quantitative estimate of drug-likeness (QED) is 0.834. The monoisotopic (exact) mass is 248 g/mol. The Labute approximate surface area is 108 Å². The van der Waals surface area contributed by atoms with Gasteiger partial charge < -0.3 is 15.4 Å². The summed E-state index contributed by atoms with van der Waals surface area (Å²) in [7, 11) is 1.56. The van der Waals surface area contributed by atoms with E-state index in [2.05, 4.69) is 6.92 Å². The van der Waals surface area contributed by atoms with Gasteiger partial charge in [0.25, 0.3) is 5.91 Å². The highest BCUT2D eigenvalue weighted by Crippen LogP contribution is 2.28. The summed E-state index contributed by atoms with van der Waals surface area (Å²) in [6.07, 6.45) is 2.20. The smallest absolute Gasteiger partial charge is 0.259 e. The molecule has 2 N–H and O–H groups in total. The Morgan fingerprint density at radius 3 is 2.94 bits per heavy atom. The molecule has 1 aliphatic rings. The van der Waals surface area contributed by atoms with E-state index in [-0.39, 0.29) is 5.91 Å². The van der Waals surface area contributed by atoms with E-state index in [0.717, 1.165) is 25.9 Å². The molecule has 1 fully saturated rings. The third kappa shape index (κ3) is 2.28. The van der Waals surface area contributed by atoms with Crippen molar-refractivity contribution in [2.45, 2.75) is 19.8 Å². The van der Waals surface area contributed by atoms with E-state index in [1.54, 1.807) is 25.3 Å². The van der Waals surface area contributed by atoms with Gasteiger partial charge in [0.05, 0.1) is 7.11 Å². The molecule has 4 nitrogen and oxygen atoms in total. The minimum absolute atomic E-state index is 0.0131. The zero-order valence-electron chi connectivity index (χ0n) is 11.0. The molecule has 4 heteroatoms. The molecule has 1 aromatic carbocycles. The van der Waals surface area contributed by atoms with Gasteiger partial charge in [0.1, 0.15) is 11.3 Å². The summed E-state index contributed by atoms with van der Waals surface area (Å²) >= 11 is 0. The molecule has 1 atom stereocenters. The van der Waals surface area contributed by atoms with Gasteiger partial charge in [-0.3, -0.25) is 4.79 Å². The third-order valence-electron chi connectivity index (χ3n) is 3.64. The summed E-state index contributed by atoms with van der Waals surface area (Å²) in [5.74, 6) is 1.16. The molecule has 0 aromatic heterocycles. The van der Waals surface area contributed by atoms with Crippen molar-refractivity contribution in [1.82, 2.24) is 4.90 Å². The first-order chi connectivity index (χ1) is 8.67. The van der Waals surface area contributed by atoms with Gasteiger partial charge in [-0.2, -0.15) is 0 Å². The summed E-state index contributed by atoms with van der Waals surface area (Å²) in [4.78, 5) is 14.4. The molecule has 1 amide bonds. The molecule has 0 aliphatic carbocycles. The summed E-state index contributed by atoms with van der Waals surface area (Å²) in [6, 6.07) is 5.31. The van der Waals surface area contributed by atoms with Crippen molar-refractivity contribution in [2.75, 3.05) is 25.9 Å². The number of nitrogens with two attached hydrogens (primary N) is 1. The largest absolute Gasteiger partial charge is 0.496 e. The second-order valence-corrected chi connectivity index (χ2v) is 4.74. The molecule has 2 rings (SSSR count). The maximum Gasteiger partial charge on any atom is 0.259 e. The normalized spacial score (nSPS) is 19.0. The molecule has 1 aromatic rings. The Morgan fingerprint density at radius 2 is 2.33 bits per heavy atom. The molecule has 1 unspecified atom stereocenters. The summed E-state index contributed by atoms with van der Waals surface area (Å²) in [5.41, 5.74) is 6.89. The van der Waals surface area contributed by atoms with Crippen LogP contribution < -0.4 is 10.5 Å². The summed E-state index contributed by atoms with van der Waals surface area (Å²) in [6.45, 7) is 3.80. The van der Waals surface area contributed by atoms with E-state index < -0.39 is 0 Å². The second-order valence-electron chi connectivity index (χ2n) is 4.74. The van der Waals surface area contributed by atoms with Crippen LogP contribution in [-0.4, -0.2) is 31.0 Å². The van der Waals surface area contributed by atoms with Gasteiger partial charge in [0.2, 0.25) is 0 Å². The number of nitrogens with zero attached hydrogens (tertiary/aromatic N) is 1. The Kier molecular flexibility index (Phi) is 3.75. The molecule has 18 heavy (non-hydrogen) atoms. The van der Waals surface area contributed by atoms with Crippen molar-refractivity contribution >= 4 is 11.6 Å². The average Bonchev–Trinajstić information content (AvgIpc) is 2.86. The van der Waals surface area contributed by atoms with Crippen LogP contribution in [0.4, 0.5) is 5.69 Å². The van der Waals surface area contributed by atoms with Crippen molar-refractivity contribution in [1.29, 1.82) is 0 Å². The molecular weight excluding hydrogens is 228 g/mol. The van der Waals surface area contributed by atoms with Gasteiger partial charge in [-0.15, -0.1) is 0 Å². The number of methoxy groups -OCH3 is 1. The number of benzene rings is 1. The van der Waals surface area contributed by atoms with Gasteiger partial charge >= 0.3 is 0 Å². The summed E-state index contributed by atoms with van der Waals surface area (Å²) < 4.78 is 5.23. The summed E-state index contributed by atoms with van der Waals surface area (Å²) in [5, 5.41) is 0. The number of nitrogen functional groups attached to an aromatic ring is 1. The molecule has 0 bridgehead atoms. The molecule has 1 heterocycles. The standard InChI is InChI=1S/C14H20N2O2/c1-3-10-7-8-16(9-10)14(17)13-11(15)5-4-6-12(13)18-2/h4-6,10H,3,7-9,15H2,1-2H3. The number of ether oxygens (including phenoxy) is 1. The number of hydrogen-bond donors (Lipinski definition) is 1. The molecule has 0 spiro atoms. The van der Waals surface area contributed by atoms with Crippen LogP contribution in [0, 0.1) is 5.92 Å². The molecule has 1 aliphatic heterocycles. The lowest BCUT2D eigenvalue weighted by Gasteiger charge is -2.19. The van der Waals surface area contributed by atoms with E-state index in [4.69, 9.17) is 10.5 Å². The Balaban J connectivity index is 2.24. The Bertz CT molecular complexity index is 445. The first-order valence-electron chi connectivity index (χ1n) is 6.39. The highest BCUT2D eigenvalue weighted by atomic mass is 16.5. The first kappa shape index (κ1) is 12.7. The SMILES string of the molecule is CCC1CCN(C(=O)c2c(N)cccc2OC)C1. The van der Waals surface area contributed by atoms with Gasteiger partial charge in [-0.1, -0.05) is 19.4 Å². The number of rotatable bonds is 3. The molecule has 0 radical (unpaired) electrons.